The molecule has 1 aliphatic rings. The van der Waals surface area contributed by atoms with Gasteiger partial charge in [0.25, 0.3) is 5.91 Å². The summed E-state index contributed by atoms with van der Waals surface area (Å²) in [5.41, 5.74) is 4.40. The number of hydrogen-bond donors (Lipinski definition) is 2. The van der Waals surface area contributed by atoms with Crippen LogP contribution < -0.4 is 10.0 Å². The molecule has 0 aromatic heterocycles. The van der Waals surface area contributed by atoms with Gasteiger partial charge in [0, 0.05) is 16.6 Å². The third kappa shape index (κ3) is 3.01. The summed E-state index contributed by atoms with van der Waals surface area (Å²) in [4.78, 5) is 13.0. The summed E-state index contributed by atoms with van der Waals surface area (Å²) in [6.45, 7) is 1.79. The summed E-state index contributed by atoms with van der Waals surface area (Å²) in [7, 11) is -2.26. The molecule has 0 saturated heterocycles. The number of nitrogens with one attached hydrogen (secondary N) is 2. The van der Waals surface area contributed by atoms with Gasteiger partial charge in [0.2, 0.25) is 10.0 Å². The first kappa shape index (κ1) is 17.7. The lowest BCUT2D eigenvalue weighted by molar-refractivity contribution is 0.102. The number of aryl methyl sites for hydroxylation is 3. The summed E-state index contributed by atoms with van der Waals surface area (Å²) in [6, 6.07) is 14.7. The molecule has 27 heavy (non-hydrogen) atoms. The molecular formula is C21H20N2O3S. The molecule has 3 aromatic carbocycles. The zero-order valence-electron chi connectivity index (χ0n) is 15.2. The normalized spacial score (nSPS) is 13.1. The van der Waals surface area contributed by atoms with Gasteiger partial charge < -0.3 is 5.32 Å². The number of benzene rings is 3. The van der Waals surface area contributed by atoms with Crippen molar-refractivity contribution in [2.24, 2.45) is 0 Å². The lowest BCUT2D eigenvalue weighted by Crippen LogP contribution is -2.20. The van der Waals surface area contributed by atoms with Crippen molar-refractivity contribution in [2.75, 3.05) is 12.4 Å². The predicted molar refractivity (Wildman–Crippen MR) is 107 cm³/mol. The molecule has 0 spiro atoms. The van der Waals surface area contributed by atoms with Gasteiger partial charge in [-0.2, -0.15) is 0 Å². The molecule has 138 valence electrons. The first-order valence-electron chi connectivity index (χ1n) is 8.80. The van der Waals surface area contributed by atoms with E-state index in [2.05, 4.69) is 22.2 Å². The number of carbonyl (C=O) groups excluding carboxylic acids is 1. The first-order chi connectivity index (χ1) is 12.9. The second-order valence-corrected chi connectivity index (χ2v) is 8.64. The minimum Gasteiger partial charge on any atom is -0.321 e. The van der Waals surface area contributed by atoms with Crippen LogP contribution in [0.5, 0.6) is 0 Å². The van der Waals surface area contributed by atoms with Gasteiger partial charge in [-0.05, 0) is 67.1 Å². The predicted octanol–water partition coefficient (Wildman–Crippen LogP) is 3.41. The number of sulfonamides is 1. The van der Waals surface area contributed by atoms with E-state index in [0.29, 0.717) is 11.1 Å². The van der Waals surface area contributed by atoms with Crippen LogP contribution in [0, 0.1) is 6.92 Å². The fourth-order valence-electron chi connectivity index (χ4n) is 3.68. The lowest BCUT2D eigenvalue weighted by atomic mass is 10.0. The summed E-state index contributed by atoms with van der Waals surface area (Å²) in [6.07, 6.45) is 2.04. The van der Waals surface area contributed by atoms with Crippen molar-refractivity contribution in [1.29, 1.82) is 0 Å². The van der Waals surface area contributed by atoms with Crippen LogP contribution in [0.15, 0.2) is 53.4 Å². The summed E-state index contributed by atoms with van der Waals surface area (Å²) in [5, 5.41) is 5.21. The molecule has 0 heterocycles. The Morgan fingerprint density at radius 1 is 1.00 bits per heavy atom. The molecular weight excluding hydrogens is 360 g/mol. The highest BCUT2D eigenvalue weighted by molar-refractivity contribution is 7.89. The molecule has 0 aliphatic heterocycles. The van der Waals surface area contributed by atoms with E-state index in [4.69, 9.17) is 0 Å². The molecule has 2 N–H and O–H groups in total. The third-order valence-corrected chi connectivity index (χ3v) is 6.57. The fraction of sp³-hybridized carbons (Fsp3) is 0.190. The Kier molecular flexibility index (Phi) is 4.25. The molecule has 1 amide bonds. The minimum absolute atomic E-state index is 0.0705. The number of amides is 1. The fourth-order valence-corrected chi connectivity index (χ4v) is 4.43. The third-order valence-electron chi connectivity index (χ3n) is 5.16. The molecule has 0 bridgehead atoms. The molecule has 0 fully saturated rings. The number of rotatable bonds is 4. The average molecular weight is 380 g/mol. The Labute approximate surface area is 158 Å². The maximum Gasteiger partial charge on any atom is 0.255 e. The molecule has 0 radical (unpaired) electrons. The van der Waals surface area contributed by atoms with Gasteiger partial charge in [0.05, 0.1) is 4.90 Å². The number of carbonyl (C=O) groups is 1. The molecule has 4 rings (SSSR count). The van der Waals surface area contributed by atoms with Crippen molar-refractivity contribution in [1.82, 2.24) is 4.72 Å². The van der Waals surface area contributed by atoms with Crippen molar-refractivity contribution in [2.45, 2.75) is 24.7 Å². The van der Waals surface area contributed by atoms with E-state index in [-0.39, 0.29) is 10.8 Å². The van der Waals surface area contributed by atoms with Gasteiger partial charge in [-0.1, -0.05) is 30.3 Å². The summed E-state index contributed by atoms with van der Waals surface area (Å²) < 4.78 is 26.4. The van der Waals surface area contributed by atoms with E-state index < -0.39 is 10.0 Å². The molecule has 3 aromatic rings. The van der Waals surface area contributed by atoms with Gasteiger partial charge in [-0.3, -0.25) is 4.79 Å². The van der Waals surface area contributed by atoms with Gasteiger partial charge in [0.15, 0.2) is 0 Å². The van der Waals surface area contributed by atoms with Gasteiger partial charge >= 0.3 is 0 Å². The summed E-state index contributed by atoms with van der Waals surface area (Å²) in [5.74, 6) is -0.320. The van der Waals surface area contributed by atoms with Crippen LogP contribution in [0.1, 0.15) is 27.0 Å². The Bertz CT molecular complexity index is 1170. The standard InChI is InChI=1S/C21H20N2O3S/c1-13-6-10-16(27(25,26)22-2)12-18(13)21(24)23-19-11-9-15-8-7-14-4-3-5-17(19)20(14)15/h3-6,9-12,22H,7-8H2,1-2H3,(H,23,24). The zero-order chi connectivity index (χ0) is 19.2. The SMILES string of the molecule is CNS(=O)(=O)c1ccc(C)c(C(=O)Nc2ccc3c4c(cccc24)CC3)c1. The van der Waals surface area contributed by atoms with Crippen molar-refractivity contribution >= 4 is 32.4 Å². The quantitative estimate of drug-likeness (QED) is 0.728. The summed E-state index contributed by atoms with van der Waals surface area (Å²) >= 11 is 0. The number of hydrogen-bond acceptors (Lipinski definition) is 3. The highest BCUT2D eigenvalue weighted by Gasteiger charge is 2.19. The Balaban J connectivity index is 1.74. The molecule has 0 atom stereocenters. The molecule has 0 saturated carbocycles. The topological polar surface area (TPSA) is 75.3 Å². The van der Waals surface area contributed by atoms with Gasteiger partial charge in [0.1, 0.15) is 0 Å². The molecule has 0 unspecified atom stereocenters. The van der Waals surface area contributed by atoms with Gasteiger partial charge in [-0.15, -0.1) is 0 Å². The van der Waals surface area contributed by atoms with E-state index >= 15 is 0 Å². The smallest absolute Gasteiger partial charge is 0.255 e. The van der Waals surface area contributed by atoms with Crippen LogP contribution >= 0.6 is 0 Å². The monoisotopic (exact) mass is 380 g/mol. The lowest BCUT2D eigenvalue weighted by Gasteiger charge is -2.13. The Morgan fingerprint density at radius 2 is 1.74 bits per heavy atom. The van der Waals surface area contributed by atoms with Crippen LogP contribution in [0.3, 0.4) is 0 Å². The second kappa shape index (κ2) is 6.48. The van der Waals surface area contributed by atoms with Crippen molar-refractivity contribution in [3.8, 4) is 0 Å². The second-order valence-electron chi connectivity index (χ2n) is 6.75. The Morgan fingerprint density at radius 3 is 2.48 bits per heavy atom. The maximum absolute atomic E-state index is 12.9. The maximum atomic E-state index is 12.9. The van der Waals surface area contributed by atoms with Gasteiger partial charge in [-0.25, -0.2) is 13.1 Å². The zero-order valence-corrected chi connectivity index (χ0v) is 16.0. The molecule has 6 heteroatoms. The van der Waals surface area contributed by atoms with Crippen LogP contribution in [0.4, 0.5) is 5.69 Å². The largest absolute Gasteiger partial charge is 0.321 e. The van der Waals surface area contributed by atoms with E-state index in [1.54, 1.807) is 13.0 Å². The van der Waals surface area contributed by atoms with E-state index in [1.807, 2.05) is 18.2 Å². The van der Waals surface area contributed by atoms with Crippen LogP contribution in [0.25, 0.3) is 10.8 Å². The minimum atomic E-state index is -3.61. The van der Waals surface area contributed by atoms with Crippen molar-refractivity contribution in [3.05, 3.63) is 70.8 Å². The highest BCUT2D eigenvalue weighted by Crippen LogP contribution is 2.35. The number of anilines is 1. The van der Waals surface area contributed by atoms with E-state index in [0.717, 1.165) is 23.9 Å². The van der Waals surface area contributed by atoms with Crippen molar-refractivity contribution < 1.29 is 13.2 Å². The average Bonchev–Trinajstić information content (AvgIpc) is 3.09. The van der Waals surface area contributed by atoms with Crippen LogP contribution in [-0.2, 0) is 22.9 Å². The first-order valence-corrected chi connectivity index (χ1v) is 10.3. The molecule has 1 aliphatic carbocycles. The van der Waals surface area contributed by atoms with E-state index in [9.17, 15) is 13.2 Å². The van der Waals surface area contributed by atoms with E-state index in [1.165, 1.54) is 35.7 Å². The highest BCUT2D eigenvalue weighted by atomic mass is 32.2. The molecule has 5 nitrogen and oxygen atoms in total. The van der Waals surface area contributed by atoms with Crippen LogP contribution in [-0.4, -0.2) is 21.4 Å². The Hall–Kier alpha value is -2.70. The van der Waals surface area contributed by atoms with Crippen LogP contribution in [0.2, 0.25) is 0 Å². The van der Waals surface area contributed by atoms with Crippen molar-refractivity contribution in [3.63, 3.8) is 0 Å².